The van der Waals surface area contributed by atoms with Crippen LogP contribution in [0.3, 0.4) is 0 Å². The van der Waals surface area contributed by atoms with Gasteiger partial charge in [0.1, 0.15) is 5.75 Å². The molecule has 0 N–H and O–H groups in total. The van der Waals surface area contributed by atoms with Gasteiger partial charge in [0.05, 0.1) is 6.54 Å². The van der Waals surface area contributed by atoms with E-state index in [0.717, 1.165) is 18.0 Å². The first-order valence-corrected chi connectivity index (χ1v) is 7.35. The Morgan fingerprint density at radius 1 is 1.26 bits per heavy atom. The standard InChI is InChI=1S/C13H18N4OS/c1-11(2)19-9-8-17-15-13(14-16-17)10-18-12-6-4-3-5-7-12/h3-7,11H,8-10H2,1-2H3. The lowest BCUT2D eigenvalue weighted by molar-refractivity contribution is 0.295. The smallest absolute Gasteiger partial charge is 0.212 e. The molecule has 1 aromatic carbocycles. The number of aryl methyl sites for hydroxylation is 1. The topological polar surface area (TPSA) is 52.8 Å². The molecule has 0 aliphatic heterocycles. The van der Waals surface area contributed by atoms with Gasteiger partial charge in [0.2, 0.25) is 5.82 Å². The second kappa shape index (κ2) is 7.13. The SMILES string of the molecule is CC(C)SCCn1nnc(COc2ccccc2)n1. The van der Waals surface area contributed by atoms with Crippen LogP contribution in [0, 0.1) is 0 Å². The molecule has 0 saturated carbocycles. The highest BCUT2D eigenvalue weighted by Crippen LogP contribution is 2.10. The largest absolute Gasteiger partial charge is 0.485 e. The number of hydrogen-bond acceptors (Lipinski definition) is 5. The van der Waals surface area contributed by atoms with Crippen LogP contribution in [-0.4, -0.2) is 31.2 Å². The zero-order valence-corrected chi connectivity index (χ0v) is 12.0. The lowest BCUT2D eigenvalue weighted by Crippen LogP contribution is -2.07. The molecular formula is C13H18N4OS. The molecule has 0 atom stereocenters. The quantitative estimate of drug-likeness (QED) is 0.778. The summed E-state index contributed by atoms with van der Waals surface area (Å²) in [6.07, 6.45) is 0. The van der Waals surface area contributed by atoms with Gasteiger partial charge in [0.15, 0.2) is 6.61 Å². The minimum atomic E-state index is 0.349. The predicted octanol–water partition coefficient (Wildman–Crippen LogP) is 2.39. The second-order valence-corrected chi connectivity index (χ2v) is 6.01. The summed E-state index contributed by atoms with van der Waals surface area (Å²) in [6, 6.07) is 9.63. The Hall–Kier alpha value is -1.56. The summed E-state index contributed by atoms with van der Waals surface area (Å²) >= 11 is 1.89. The third-order valence-electron chi connectivity index (χ3n) is 2.35. The van der Waals surface area contributed by atoms with E-state index in [4.69, 9.17) is 4.74 Å². The Balaban J connectivity index is 1.77. The highest BCUT2D eigenvalue weighted by Gasteiger charge is 2.04. The zero-order chi connectivity index (χ0) is 13.5. The van der Waals surface area contributed by atoms with Crippen LogP contribution in [0.5, 0.6) is 5.75 Å². The van der Waals surface area contributed by atoms with Gasteiger partial charge in [0.25, 0.3) is 0 Å². The van der Waals surface area contributed by atoms with E-state index in [9.17, 15) is 0 Å². The molecule has 1 heterocycles. The molecule has 0 bridgehead atoms. The van der Waals surface area contributed by atoms with Crippen molar-refractivity contribution in [3.63, 3.8) is 0 Å². The Bertz CT molecular complexity index is 486. The molecule has 0 amide bonds. The fraction of sp³-hybridized carbons (Fsp3) is 0.462. The van der Waals surface area contributed by atoms with E-state index in [-0.39, 0.29) is 0 Å². The first-order valence-electron chi connectivity index (χ1n) is 6.30. The molecule has 0 aliphatic carbocycles. The molecule has 0 aliphatic rings. The third kappa shape index (κ3) is 4.90. The molecule has 0 unspecified atom stereocenters. The summed E-state index contributed by atoms with van der Waals surface area (Å²) in [6.45, 7) is 5.49. The van der Waals surface area contributed by atoms with Crippen molar-refractivity contribution >= 4 is 11.8 Å². The summed E-state index contributed by atoms with van der Waals surface area (Å²) in [7, 11) is 0. The maximum atomic E-state index is 5.56. The van der Waals surface area contributed by atoms with Gasteiger partial charge < -0.3 is 4.74 Å². The van der Waals surface area contributed by atoms with Crippen molar-refractivity contribution < 1.29 is 4.74 Å². The Morgan fingerprint density at radius 3 is 2.79 bits per heavy atom. The van der Waals surface area contributed by atoms with Gasteiger partial charge in [-0.2, -0.15) is 16.6 Å². The van der Waals surface area contributed by atoms with Gasteiger partial charge in [-0.05, 0) is 22.6 Å². The number of ether oxygens (including phenoxy) is 1. The lowest BCUT2D eigenvalue weighted by Gasteiger charge is -2.03. The number of tetrazole rings is 1. The summed E-state index contributed by atoms with van der Waals surface area (Å²) in [5.74, 6) is 2.42. The van der Waals surface area contributed by atoms with Crippen molar-refractivity contribution in [3.05, 3.63) is 36.2 Å². The van der Waals surface area contributed by atoms with E-state index in [1.165, 1.54) is 0 Å². The van der Waals surface area contributed by atoms with Crippen molar-refractivity contribution in [1.29, 1.82) is 0 Å². The van der Waals surface area contributed by atoms with Gasteiger partial charge in [-0.15, -0.1) is 10.2 Å². The van der Waals surface area contributed by atoms with Crippen LogP contribution in [0.15, 0.2) is 30.3 Å². The molecule has 0 spiro atoms. The minimum Gasteiger partial charge on any atom is -0.485 e. The van der Waals surface area contributed by atoms with Crippen LogP contribution in [0.2, 0.25) is 0 Å². The fourth-order valence-electron chi connectivity index (χ4n) is 1.46. The normalized spacial score (nSPS) is 10.9. The first kappa shape index (κ1) is 13.9. The Labute approximate surface area is 117 Å². The maximum absolute atomic E-state index is 5.56. The molecule has 0 fully saturated rings. The van der Waals surface area contributed by atoms with E-state index in [1.54, 1.807) is 4.80 Å². The number of benzene rings is 1. The molecule has 102 valence electrons. The first-order chi connectivity index (χ1) is 9.24. The van der Waals surface area contributed by atoms with Crippen LogP contribution in [0.1, 0.15) is 19.7 Å². The van der Waals surface area contributed by atoms with E-state index >= 15 is 0 Å². The van der Waals surface area contributed by atoms with Crippen molar-refractivity contribution in [2.24, 2.45) is 0 Å². The average Bonchev–Trinajstić information content (AvgIpc) is 2.85. The van der Waals surface area contributed by atoms with Crippen LogP contribution in [0.25, 0.3) is 0 Å². The molecule has 5 nitrogen and oxygen atoms in total. The number of nitrogens with zero attached hydrogens (tertiary/aromatic N) is 4. The van der Waals surface area contributed by atoms with Crippen LogP contribution >= 0.6 is 11.8 Å². The highest BCUT2D eigenvalue weighted by atomic mass is 32.2. The van der Waals surface area contributed by atoms with E-state index in [1.807, 2.05) is 42.1 Å². The summed E-state index contributed by atoms with van der Waals surface area (Å²) < 4.78 is 5.56. The van der Waals surface area contributed by atoms with Gasteiger partial charge in [0, 0.05) is 5.75 Å². The van der Waals surface area contributed by atoms with Gasteiger partial charge in [-0.1, -0.05) is 32.0 Å². The van der Waals surface area contributed by atoms with Crippen molar-refractivity contribution in [1.82, 2.24) is 20.2 Å². The van der Waals surface area contributed by atoms with Crippen LogP contribution in [0.4, 0.5) is 0 Å². The number of rotatable bonds is 7. The highest BCUT2D eigenvalue weighted by molar-refractivity contribution is 7.99. The predicted molar refractivity (Wildman–Crippen MR) is 76.2 cm³/mol. The number of para-hydroxylation sites is 1. The van der Waals surface area contributed by atoms with E-state index < -0.39 is 0 Å². The van der Waals surface area contributed by atoms with Crippen LogP contribution < -0.4 is 4.74 Å². The maximum Gasteiger partial charge on any atom is 0.212 e. The van der Waals surface area contributed by atoms with Crippen molar-refractivity contribution in [2.45, 2.75) is 32.2 Å². The molecule has 2 aromatic rings. The lowest BCUT2D eigenvalue weighted by atomic mass is 10.3. The molecule has 0 radical (unpaired) electrons. The van der Waals surface area contributed by atoms with Gasteiger partial charge >= 0.3 is 0 Å². The summed E-state index contributed by atoms with van der Waals surface area (Å²) in [5.41, 5.74) is 0. The Morgan fingerprint density at radius 2 is 2.05 bits per heavy atom. The summed E-state index contributed by atoms with van der Waals surface area (Å²) in [5, 5.41) is 12.9. The van der Waals surface area contributed by atoms with Crippen molar-refractivity contribution in [3.8, 4) is 5.75 Å². The fourth-order valence-corrected chi connectivity index (χ4v) is 2.20. The average molecular weight is 278 g/mol. The van der Waals surface area contributed by atoms with Crippen LogP contribution in [-0.2, 0) is 13.2 Å². The van der Waals surface area contributed by atoms with Gasteiger partial charge in [-0.3, -0.25) is 0 Å². The zero-order valence-electron chi connectivity index (χ0n) is 11.2. The summed E-state index contributed by atoms with van der Waals surface area (Å²) in [4.78, 5) is 1.62. The molecule has 1 aromatic heterocycles. The molecular weight excluding hydrogens is 260 g/mol. The Kier molecular flexibility index (Phi) is 5.20. The van der Waals surface area contributed by atoms with E-state index in [0.29, 0.717) is 17.7 Å². The molecule has 6 heteroatoms. The number of thioether (sulfide) groups is 1. The number of hydrogen-bond donors (Lipinski definition) is 0. The monoisotopic (exact) mass is 278 g/mol. The molecule has 2 rings (SSSR count). The van der Waals surface area contributed by atoms with Gasteiger partial charge in [-0.25, -0.2) is 0 Å². The van der Waals surface area contributed by atoms with Crippen molar-refractivity contribution in [2.75, 3.05) is 5.75 Å². The molecule has 19 heavy (non-hydrogen) atoms. The molecule has 0 saturated heterocycles. The van der Waals surface area contributed by atoms with E-state index in [2.05, 4.69) is 29.3 Å². The number of aromatic nitrogens is 4. The minimum absolute atomic E-state index is 0.349. The second-order valence-electron chi connectivity index (χ2n) is 4.32. The third-order valence-corrected chi connectivity index (χ3v) is 3.43.